The number of likely N-dealkylation sites (tertiary alicyclic amines) is 1. The highest BCUT2D eigenvalue weighted by molar-refractivity contribution is 6.38. The minimum absolute atomic E-state index is 0.106. The van der Waals surface area contributed by atoms with Crippen molar-refractivity contribution in [2.45, 2.75) is 38.8 Å². The van der Waals surface area contributed by atoms with Gasteiger partial charge < -0.3 is 9.80 Å². The molecule has 1 amide bonds. The van der Waals surface area contributed by atoms with Crippen molar-refractivity contribution in [3.05, 3.63) is 35.9 Å². The Morgan fingerprint density at radius 2 is 1.86 bits per heavy atom. The summed E-state index contributed by atoms with van der Waals surface area (Å²) in [5, 5.41) is 0. The van der Waals surface area contributed by atoms with Gasteiger partial charge in [-0.15, -0.1) is 0 Å². The molecular formula is C17H23N3O. The first-order valence-electron chi connectivity index (χ1n) is 7.73. The van der Waals surface area contributed by atoms with Gasteiger partial charge in [-0.25, -0.2) is 0 Å². The van der Waals surface area contributed by atoms with Crippen molar-refractivity contribution in [1.82, 2.24) is 9.80 Å². The van der Waals surface area contributed by atoms with Crippen LogP contribution in [0.1, 0.15) is 32.3 Å². The fourth-order valence-corrected chi connectivity index (χ4v) is 3.11. The summed E-state index contributed by atoms with van der Waals surface area (Å²) in [6.45, 7) is 7.49. The van der Waals surface area contributed by atoms with Crippen LogP contribution in [0.25, 0.3) is 0 Å². The van der Waals surface area contributed by atoms with Crippen molar-refractivity contribution in [2.24, 2.45) is 4.99 Å². The number of hydrogen-bond donors (Lipinski definition) is 0. The maximum Gasteiger partial charge on any atom is 0.289 e. The summed E-state index contributed by atoms with van der Waals surface area (Å²) in [5.74, 6) is 0.750. The fraction of sp³-hybridized carbons (Fsp3) is 0.529. The van der Waals surface area contributed by atoms with Crippen LogP contribution in [-0.2, 0) is 11.3 Å². The largest absolute Gasteiger partial charge is 0.346 e. The third-order valence-corrected chi connectivity index (χ3v) is 4.09. The molecule has 1 aromatic carbocycles. The van der Waals surface area contributed by atoms with Gasteiger partial charge in [0.25, 0.3) is 5.91 Å². The lowest BCUT2D eigenvalue weighted by Crippen LogP contribution is -2.42. The molecule has 0 unspecified atom stereocenters. The summed E-state index contributed by atoms with van der Waals surface area (Å²) in [5.41, 5.74) is 1.04. The number of aliphatic imine (C=N–C) groups is 1. The lowest BCUT2D eigenvalue weighted by Gasteiger charge is -2.24. The number of nitrogens with zero attached hydrogens (tertiary/aromatic N) is 3. The van der Waals surface area contributed by atoms with Crippen LogP contribution >= 0.6 is 0 Å². The van der Waals surface area contributed by atoms with Crippen molar-refractivity contribution in [3.8, 4) is 0 Å². The van der Waals surface area contributed by atoms with E-state index < -0.39 is 0 Å². The molecule has 2 aliphatic heterocycles. The van der Waals surface area contributed by atoms with E-state index in [9.17, 15) is 4.79 Å². The fourth-order valence-electron chi connectivity index (χ4n) is 3.11. The summed E-state index contributed by atoms with van der Waals surface area (Å²) in [4.78, 5) is 21.5. The molecule has 2 heterocycles. The Bertz CT molecular complexity index is 544. The van der Waals surface area contributed by atoms with Crippen LogP contribution in [0.5, 0.6) is 0 Å². The third kappa shape index (κ3) is 3.09. The lowest BCUT2D eigenvalue weighted by molar-refractivity contribution is -0.123. The van der Waals surface area contributed by atoms with Gasteiger partial charge in [-0.3, -0.25) is 9.79 Å². The predicted molar refractivity (Wildman–Crippen MR) is 84.2 cm³/mol. The van der Waals surface area contributed by atoms with Crippen LogP contribution in [0.15, 0.2) is 35.3 Å². The van der Waals surface area contributed by atoms with Gasteiger partial charge in [0.15, 0.2) is 5.84 Å². The van der Waals surface area contributed by atoms with Crippen molar-refractivity contribution in [3.63, 3.8) is 0 Å². The Hall–Kier alpha value is -1.84. The molecule has 21 heavy (non-hydrogen) atoms. The summed E-state index contributed by atoms with van der Waals surface area (Å²) >= 11 is 0. The van der Waals surface area contributed by atoms with Crippen molar-refractivity contribution in [2.75, 3.05) is 19.6 Å². The van der Waals surface area contributed by atoms with Gasteiger partial charge in [-0.2, -0.15) is 0 Å². The number of hydrogen-bond acceptors (Lipinski definition) is 3. The van der Waals surface area contributed by atoms with Crippen LogP contribution in [0.3, 0.4) is 0 Å². The smallest absolute Gasteiger partial charge is 0.289 e. The molecule has 1 aromatic rings. The normalized spacial score (nSPS) is 20.8. The zero-order chi connectivity index (χ0) is 14.9. The first-order valence-corrected chi connectivity index (χ1v) is 7.73. The SMILES string of the molecule is CC1(C)CN(Cc2ccccc2)C(C(=O)N2CCCC2)=N1. The average molecular weight is 285 g/mol. The molecule has 1 fully saturated rings. The zero-order valence-corrected chi connectivity index (χ0v) is 12.9. The van der Waals surface area contributed by atoms with Gasteiger partial charge in [-0.1, -0.05) is 30.3 Å². The highest BCUT2D eigenvalue weighted by atomic mass is 16.2. The molecule has 0 spiro atoms. The van der Waals surface area contributed by atoms with E-state index in [4.69, 9.17) is 4.99 Å². The summed E-state index contributed by atoms with van der Waals surface area (Å²) in [7, 11) is 0. The molecule has 0 aromatic heterocycles. The average Bonchev–Trinajstić information content (AvgIpc) is 3.07. The predicted octanol–water partition coefficient (Wildman–Crippen LogP) is 2.30. The van der Waals surface area contributed by atoms with Crippen molar-refractivity contribution < 1.29 is 4.79 Å². The molecule has 3 rings (SSSR count). The van der Waals surface area contributed by atoms with Crippen LogP contribution in [-0.4, -0.2) is 46.7 Å². The van der Waals surface area contributed by atoms with Crippen LogP contribution in [0, 0.1) is 0 Å². The van der Waals surface area contributed by atoms with E-state index in [-0.39, 0.29) is 11.4 Å². The van der Waals surface area contributed by atoms with Gasteiger partial charge in [0.1, 0.15) is 0 Å². The molecular weight excluding hydrogens is 262 g/mol. The number of benzene rings is 1. The van der Waals surface area contributed by atoms with Gasteiger partial charge in [0, 0.05) is 26.2 Å². The number of amidine groups is 1. The van der Waals surface area contributed by atoms with E-state index in [2.05, 4.69) is 30.9 Å². The minimum Gasteiger partial charge on any atom is -0.346 e. The first kappa shape index (κ1) is 14.1. The minimum atomic E-state index is -0.181. The van der Waals surface area contributed by atoms with E-state index in [1.807, 2.05) is 23.1 Å². The Morgan fingerprint density at radius 3 is 2.52 bits per heavy atom. The standard InChI is InChI=1S/C17H23N3O/c1-17(2)13-20(12-14-8-4-3-5-9-14)15(18-17)16(21)19-10-6-7-11-19/h3-5,8-9H,6-7,10-13H2,1-2H3. The lowest BCUT2D eigenvalue weighted by atomic mass is 10.1. The Morgan fingerprint density at radius 1 is 1.19 bits per heavy atom. The highest BCUT2D eigenvalue weighted by Crippen LogP contribution is 2.24. The first-order chi connectivity index (χ1) is 10.1. The second-order valence-corrected chi connectivity index (χ2v) is 6.59. The van der Waals surface area contributed by atoms with E-state index in [0.717, 1.165) is 39.0 Å². The molecule has 0 aliphatic carbocycles. The van der Waals surface area contributed by atoms with Crippen LogP contribution < -0.4 is 0 Å². The Balaban J connectivity index is 1.79. The molecule has 0 bridgehead atoms. The van der Waals surface area contributed by atoms with Crippen molar-refractivity contribution in [1.29, 1.82) is 0 Å². The summed E-state index contributed by atoms with van der Waals surface area (Å²) in [6.07, 6.45) is 2.22. The highest BCUT2D eigenvalue weighted by Gasteiger charge is 2.37. The maximum atomic E-state index is 12.7. The van der Waals surface area contributed by atoms with Crippen molar-refractivity contribution >= 4 is 11.7 Å². The molecule has 0 radical (unpaired) electrons. The van der Waals surface area contributed by atoms with Gasteiger partial charge in [-0.05, 0) is 32.3 Å². The number of amides is 1. The quantitative estimate of drug-likeness (QED) is 0.854. The Labute approximate surface area is 126 Å². The van der Waals surface area contributed by atoms with Crippen LogP contribution in [0.4, 0.5) is 0 Å². The molecule has 4 nitrogen and oxygen atoms in total. The van der Waals surface area contributed by atoms with Crippen LogP contribution in [0.2, 0.25) is 0 Å². The Kier molecular flexibility index (Phi) is 3.70. The van der Waals surface area contributed by atoms with Gasteiger partial charge >= 0.3 is 0 Å². The molecule has 4 heteroatoms. The van der Waals surface area contributed by atoms with E-state index in [1.54, 1.807) is 0 Å². The zero-order valence-electron chi connectivity index (χ0n) is 12.9. The second kappa shape index (κ2) is 5.51. The molecule has 0 atom stereocenters. The maximum absolute atomic E-state index is 12.7. The van der Waals surface area contributed by atoms with E-state index in [1.165, 1.54) is 5.56 Å². The van der Waals surface area contributed by atoms with Gasteiger partial charge in [0.2, 0.25) is 0 Å². The molecule has 112 valence electrons. The van der Waals surface area contributed by atoms with E-state index >= 15 is 0 Å². The number of carbonyl (C=O) groups is 1. The number of carbonyl (C=O) groups excluding carboxylic acids is 1. The third-order valence-electron chi connectivity index (χ3n) is 4.09. The summed E-state index contributed by atoms with van der Waals surface area (Å²) < 4.78 is 0. The van der Waals surface area contributed by atoms with Gasteiger partial charge in [0.05, 0.1) is 5.54 Å². The number of rotatable bonds is 3. The molecule has 2 aliphatic rings. The van der Waals surface area contributed by atoms with E-state index in [0.29, 0.717) is 5.84 Å². The topological polar surface area (TPSA) is 35.9 Å². The molecule has 1 saturated heterocycles. The summed E-state index contributed by atoms with van der Waals surface area (Å²) in [6, 6.07) is 10.3. The molecule has 0 saturated carbocycles. The molecule has 0 N–H and O–H groups in total. The second-order valence-electron chi connectivity index (χ2n) is 6.59. The monoisotopic (exact) mass is 285 g/mol.